The molecular formula is C18H16F2N2O5. The third-order valence-electron chi connectivity index (χ3n) is 3.12. The van der Waals surface area contributed by atoms with Crippen LogP contribution in [0.15, 0.2) is 48.5 Å². The molecule has 2 rings (SSSR count). The molecule has 0 spiro atoms. The largest absolute Gasteiger partial charge is 0.452 e. The zero-order chi connectivity index (χ0) is 19.8. The number of hydrogen-bond donors (Lipinski definition) is 2. The molecule has 0 bridgehead atoms. The van der Waals surface area contributed by atoms with E-state index in [-0.39, 0.29) is 17.2 Å². The molecule has 0 saturated carbocycles. The zero-order valence-corrected chi connectivity index (χ0v) is 14.2. The van der Waals surface area contributed by atoms with Gasteiger partial charge in [-0.1, -0.05) is 6.07 Å². The molecule has 0 aliphatic rings. The first-order valence-electron chi connectivity index (χ1n) is 7.73. The molecule has 2 N–H and O–H groups in total. The molecule has 2 amide bonds. The van der Waals surface area contributed by atoms with Crippen LogP contribution in [0.5, 0.6) is 5.75 Å². The first-order valence-corrected chi connectivity index (χ1v) is 7.73. The second-order valence-corrected chi connectivity index (χ2v) is 5.29. The van der Waals surface area contributed by atoms with E-state index in [1.54, 1.807) is 24.3 Å². The minimum atomic E-state index is -3.01. The average Bonchev–Trinajstić information content (AvgIpc) is 2.60. The molecule has 27 heavy (non-hydrogen) atoms. The quantitative estimate of drug-likeness (QED) is 0.723. The highest BCUT2D eigenvalue weighted by Gasteiger charge is 2.13. The SMILES string of the molecule is CC(=O)Nc1ccc(NC(=O)COC(=O)c2cccc(OC(F)F)c2)cc1. The van der Waals surface area contributed by atoms with Gasteiger partial charge in [-0.2, -0.15) is 8.78 Å². The van der Waals surface area contributed by atoms with Crippen molar-refractivity contribution in [2.24, 2.45) is 0 Å². The van der Waals surface area contributed by atoms with Crippen LogP contribution < -0.4 is 15.4 Å². The number of halogens is 2. The summed E-state index contributed by atoms with van der Waals surface area (Å²) >= 11 is 0. The van der Waals surface area contributed by atoms with Crippen LogP contribution in [0.4, 0.5) is 20.2 Å². The summed E-state index contributed by atoms with van der Waals surface area (Å²) in [5, 5.41) is 5.10. The topological polar surface area (TPSA) is 93.7 Å². The van der Waals surface area contributed by atoms with E-state index in [0.29, 0.717) is 11.4 Å². The Morgan fingerprint density at radius 1 is 1.00 bits per heavy atom. The minimum Gasteiger partial charge on any atom is -0.452 e. The summed E-state index contributed by atoms with van der Waals surface area (Å²) in [6, 6.07) is 11.4. The minimum absolute atomic E-state index is 0.0272. The molecule has 0 aliphatic carbocycles. The maximum atomic E-state index is 12.2. The molecule has 0 saturated heterocycles. The third-order valence-corrected chi connectivity index (χ3v) is 3.12. The standard InChI is InChI=1S/C18H16F2N2O5/c1-11(23)21-13-5-7-14(8-6-13)22-16(24)10-26-17(25)12-3-2-4-15(9-12)27-18(19)20/h2-9,18H,10H2,1H3,(H,21,23)(H,22,24). The van der Waals surface area contributed by atoms with Crippen LogP contribution in [-0.2, 0) is 14.3 Å². The number of carbonyl (C=O) groups excluding carboxylic acids is 3. The molecule has 0 aromatic heterocycles. The number of alkyl halides is 2. The molecular weight excluding hydrogens is 362 g/mol. The van der Waals surface area contributed by atoms with E-state index in [0.717, 1.165) is 6.07 Å². The fraction of sp³-hybridized carbons (Fsp3) is 0.167. The van der Waals surface area contributed by atoms with Crippen molar-refractivity contribution in [2.75, 3.05) is 17.2 Å². The van der Waals surface area contributed by atoms with Crippen molar-refractivity contribution in [1.82, 2.24) is 0 Å². The molecule has 9 heteroatoms. The van der Waals surface area contributed by atoms with Gasteiger partial charge in [0.15, 0.2) is 6.61 Å². The monoisotopic (exact) mass is 378 g/mol. The molecule has 142 valence electrons. The van der Waals surface area contributed by atoms with Crippen LogP contribution in [0, 0.1) is 0 Å². The Kier molecular flexibility index (Phi) is 6.81. The van der Waals surface area contributed by atoms with Crippen molar-refractivity contribution >= 4 is 29.2 Å². The highest BCUT2D eigenvalue weighted by Crippen LogP contribution is 2.17. The molecule has 2 aromatic rings. The number of nitrogens with one attached hydrogen (secondary N) is 2. The molecule has 0 unspecified atom stereocenters. The van der Waals surface area contributed by atoms with Crippen molar-refractivity contribution in [3.05, 3.63) is 54.1 Å². The smallest absolute Gasteiger partial charge is 0.387 e. The van der Waals surface area contributed by atoms with Gasteiger partial charge in [0.1, 0.15) is 5.75 Å². The number of anilines is 2. The summed E-state index contributed by atoms with van der Waals surface area (Å²) < 4.78 is 33.4. The molecule has 2 aromatic carbocycles. The summed E-state index contributed by atoms with van der Waals surface area (Å²) in [6.07, 6.45) is 0. The van der Waals surface area contributed by atoms with Crippen LogP contribution in [0.2, 0.25) is 0 Å². The average molecular weight is 378 g/mol. The Balaban J connectivity index is 1.86. The lowest BCUT2D eigenvalue weighted by Gasteiger charge is -2.09. The Bertz CT molecular complexity index is 825. The summed E-state index contributed by atoms with van der Waals surface area (Å²) in [5.74, 6) is -1.86. The molecule has 0 heterocycles. The van der Waals surface area contributed by atoms with Crippen molar-refractivity contribution in [3.63, 3.8) is 0 Å². The summed E-state index contributed by atoms with van der Waals surface area (Å²) in [5.41, 5.74) is 0.982. The van der Waals surface area contributed by atoms with Crippen molar-refractivity contribution < 1.29 is 32.6 Å². The van der Waals surface area contributed by atoms with Crippen LogP contribution in [0.3, 0.4) is 0 Å². The molecule has 0 atom stereocenters. The number of hydrogen-bond acceptors (Lipinski definition) is 5. The fourth-order valence-corrected chi connectivity index (χ4v) is 2.05. The number of amides is 2. The van der Waals surface area contributed by atoms with Gasteiger partial charge in [0, 0.05) is 18.3 Å². The fourth-order valence-electron chi connectivity index (χ4n) is 2.05. The van der Waals surface area contributed by atoms with Gasteiger partial charge in [0.05, 0.1) is 5.56 Å². The zero-order valence-electron chi connectivity index (χ0n) is 14.2. The van der Waals surface area contributed by atoms with Crippen molar-refractivity contribution in [1.29, 1.82) is 0 Å². The van der Waals surface area contributed by atoms with Crippen molar-refractivity contribution in [2.45, 2.75) is 13.5 Å². The van der Waals surface area contributed by atoms with Gasteiger partial charge in [-0.05, 0) is 42.5 Å². The van der Waals surface area contributed by atoms with Gasteiger partial charge in [0.2, 0.25) is 5.91 Å². The summed E-state index contributed by atoms with van der Waals surface area (Å²) in [4.78, 5) is 34.7. The lowest BCUT2D eigenvalue weighted by atomic mass is 10.2. The predicted molar refractivity (Wildman–Crippen MR) is 92.7 cm³/mol. The van der Waals surface area contributed by atoms with E-state index < -0.39 is 25.1 Å². The maximum Gasteiger partial charge on any atom is 0.387 e. The molecule has 0 radical (unpaired) electrons. The first kappa shape index (κ1) is 19.8. The first-order chi connectivity index (χ1) is 12.8. The highest BCUT2D eigenvalue weighted by atomic mass is 19.3. The van der Waals surface area contributed by atoms with Gasteiger partial charge in [-0.25, -0.2) is 4.79 Å². The van der Waals surface area contributed by atoms with Gasteiger partial charge < -0.3 is 20.1 Å². The van der Waals surface area contributed by atoms with Crippen LogP contribution in [-0.4, -0.2) is 31.0 Å². The van der Waals surface area contributed by atoms with Crippen molar-refractivity contribution in [3.8, 4) is 5.75 Å². The van der Waals surface area contributed by atoms with E-state index in [4.69, 9.17) is 4.74 Å². The number of rotatable bonds is 7. The Labute approximate surface area is 153 Å². The number of ether oxygens (including phenoxy) is 2. The van der Waals surface area contributed by atoms with E-state index >= 15 is 0 Å². The van der Waals surface area contributed by atoms with E-state index in [9.17, 15) is 23.2 Å². The second-order valence-electron chi connectivity index (χ2n) is 5.29. The summed E-state index contributed by atoms with van der Waals surface area (Å²) in [6.45, 7) is -2.20. The van der Waals surface area contributed by atoms with E-state index in [2.05, 4.69) is 15.4 Å². The van der Waals surface area contributed by atoms with Crippen LogP contribution in [0.25, 0.3) is 0 Å². The number of carbonyl (C=O) groups is 3. The molecule has 0 aliphatic heterocycles. The van der Waals surface area contributed by atoms with Gasteiger partial charge in [0.25, 0.3) is 5.91 Å². The summed E-state index contributed by atoms with van der Waals surface area (Å²) in [7, 11) is 0. The Morgan fingerprint density at radius 3 is 2.22 bits per heavy atom. The lowest BCUT2D eigenvalue weighted by Crippen LogP contribution is -2.21. The Morgan fingerprint density at radius 2 is 1.63 bits per heavy atom. The maximum absolute atomic E-state index is 12.2. The Hall–Kier alpha value is -3.49. The van der Waals surface area contributed by atoms with Crippen LogP contribution >= 0.6 is 0 Å². The number of benzene rings is 2. The molecule has 0 fully saturated rings. The van der Waals surface area contributed by atoms with Gasteiger partial charge in [-0.15, -0.1) is 0 Å². The van der Waals surface area contributed by atoms with Gasteiger partial charge in [-0.3, -0.25) is 9.59 Å². The van der Waals surface area contributed by atoms with Gasteiger partial charge >= 0.3 is 12.6 Å². The third kappa shape index (κ3) is 6.73. The number of esters is 1. The normalized spacial score (nSPS) is 10.2. The van der Waals surface area contributed by atoms with E-state index in [1.807, 2.05) is 0 Å². The van der Waals surface area contributed by atoms with Crippen LogP contribution in [0.1, 0.15) is 17.3 Å². The second kappa shape index (κ2) is 9.27. The molecule has 7 nitrogen and oxygen atoms in total. The van der Waals surface area contributed by atoms with E-state index in [1.165, 1.54) is 25.1 Å². The lowest BCUT2D eigenvalue weighted by molar-refractivity contribution is -0.119. The highest BCUT2D eigenvalue weighted by molar-refractivity contribution is 5.96. The predicted octanol–water partition coefficient (Wildman–Crippen LogP) is 3.04.